The van der Waals surface area contributed by atoms with Crippen molar-refractivity contribution >= 4 is 11.3 Å². The molecule has 0 fully saturated rings. The van der Waals surface area contributed by atoms with Crippen molar-refractivity contribution in [2.45, 2.75) is 19.8 Å². The van der Waals surface area contributed by atoms with Gasteiger partial charge in [0.2, 0.25) is 0 Å². The Kier molecular flexibility index (Phi) is 1.76. The number of rotatable bonds is 1. The lowest BCUT2D eigenvalue weighted by Crippen LogP contribution is -1.81. The van der Waals surface area contributed by atoms with Crippen molar-refractivity contribution < 1.29 is 5.11 Å². The molecule has 1 rings (SSSR count). The van der Waals surface area contributed by atoms with Crippen molar-refractivity contribution in [1.82, 2.24) is 0 Å². The molecular formula is C7H10OS. The van der Waals surface area contributed by atoms with Crippen LogP contribution in [0, 0.1) is 0 Å². The van der Waals surface area contributed by atoms with Crippen molar-refractivity contribution in [3.63, 3.8) is 0 Å². The molecule has 1 aromatic heterocycles. The molecule has 0 radical (unpaired) electrons. The standard InChI is InChI=1S/C7H10OS/c1-5(2)6-3-4-9-7(6)8/h3-5,8H,1-2H3. The van der Waals surface area contributed by atoms with Gasteiger partial charge in [0.1, 0.15) is 0 Å². The molecule has 1 aromatic rings. The monoisotopic (exact) mass is 142 g/mol. The van der Waals surface area contributed by atoms with Gasteiger partial charge in [-0.2, -0.15) is 0 Å². The molecule has 0 bridgehead atoms. The van der Waals surface area contributed by atoms with E-state index in [2.05, 4.69) is 13.8 Å². The van der Waals surface area contributed by atoms with Gasteiger partial charge in [-0.3, -0.25) is 0 Å². The van der Waals surface area contributed by atoms with Gasteiger partial charge < -0.3 is 5.11 Å². The molecule has 50 valence electrons. The average molecular weight is 142 g/mol. The second-order valence-corrected chi connectivity index (χ2v) is 3.23. The number of hydrogen-bond acceptors (Lipinski definition) is 2. The van der Waals surface area contributed by atoms with Crippen molar-refractivity contribution in [3.8, 4) is 5.06 Å². The largest absolute Gasteiger partial charge is 0.499 e. The Morgan fingerprint density at radius 3 is 2.44 bits per heavy atom. The molecule has 1 N–H and O–H groups in total. The summed E-state index contributed by atoms with van der Waals surface area (Å²) in [6.45, 7) is 4.14. The van der Waals surface area contributed by atoms with Gasteiger partial charge in [-0.25, -0.2) is 0 Å². The number of hydrogen-bond donors (Lipinski definition) is 1. The first kappa shape index (κ1) is 6.62. The maximum absolute atomic E-state index is 9.14. The zero-order valence-electron chi connectivity index (χ0n) is 5.59. The number of thiophene rings is 1. The molecule has 0 aliphatic heterocycles. The Labute approximate surface area is 59.0 Å². The van der Waals surface area contributed by atoms with Gasteiger partial charge in [0.15, 0.2) is 5.06 Å². The molecule has 0 aliphatic rings. The molecule has 0 unspecified atom stereocenters. The molecule has 1 nitrogen and oxygen atoms in total. The molecule has 0 aliphatic carbocycles. The Morgan fingerprint density at radius 1 is 1.56 bits per heavy atom. The van der Waals surface area contributed by atoms with Gasteiger partial charge in [-0.05, 0) is 17.4 Å². The zero-order valence-corrected chi connectivity index (χ0v) is 6.40. The van der Waals surface area contributed by atoms with E-state index in [0.717, 1.165) is 5.56 Å². The minimum absolute atomic E-state index is 0.441. The van der Waals surface area contributed by atoms with E-state index in [1.807, 2.05) is 11.4 Å². The molecule has 2 heteroatoms. The van der Waals surface area contributed by atoms with E-state index in [4.69, 9.17) is 5.11 Å². The van der Waals surface area contributed by atoms with E-state index in [-0.39, 0.29) is 0 Å². The van der Waals surface area contributed by atoms with E-state index in [1.165, 1.54) is 11.3 Å². The van der Waals surface area contributed by atoms with E-state index >= 15 is 0 Å². The van der Waals surface area contributed by atoms with Crippen molar-refractivity contribution in [2.75, 3.05) is 0 Å². The topological polar surface area (TPSA) is 20.2 Å². The predicted octanol–water partition coefficient (Wildman–Crippen LogP) is 2.58. The molecule has 9 heavy (non-hydrogen) atoms. The van der Waals surface area contributed by atoms with E-state index in [9.17, 15) is 0 Å². The van der Waals surface area contributed by atoms with Crippen molar-refractivity contribution in [1.29, 1.82) is 0 Å². The second-order valence-electron chi connectivity index (χ2n) is 2.34. The molecule has 0 spiro atoms. The van der Waals surface area contributed by atoms with Crippen LogP contribution in [-0.2, 0) is 0 Å². The van der Waals surface area contributed by atoms with Crippen LogP contribution >= 0.6 is 11.3 Å². The zero-order chi connectivity index (χ0) is 6.85. The molecule has 1 heterocycles. The van der Waals surface area contributed by atoms with Crippen LogP contribution in [0.25, 0.3) is 0 Å². The quantitative estimate of drug-likeness (QED) is 0.639. The van der Waals surface area contributed by atoms with Gasteiger partial charge >= 0.3 is 0 Å². The fourth-order valence-corrected chi connectivity index (χ4v) is 1.53. The first-order valence-electron chi connectivity index (χ1n) is 2.98. The first-order valence-corrected chi connectivity index (χ1v) is 3.86. The summed E-state index contributed by atoms with van der Waals surface area (Å²) in [6.07, 6.45) is 0. The van der Waals surface area contributed by atoms with Gasteiger partial charge in [-0.1, -0.05) is 13.8 Å². The summed E-state index contributed by atoms with van der Waals surface area (Å²) >= 11 is 1.39. The lowest BCUT2D eigenvalue weighted by atomic mass is 10.1. The summed E-state index contributed by atoms with van der Waals surface area (Å²) in [6, 6.07) is 1.96. The van der Waals surface area contributed by atoms with Gasteiger partial charge in [0, 0.05) is 5.56 Å². The van der Waals surface area contributed by atoms with E-state index in [0.29, 0.717) is 11.0 Å². The lowest BCUT2D eigenvalue weighted by Gasteiger charge is -1.99. The van der Waals surface area contributed by atoms with Gasteiger partial charge in [-0.15, -0.1) is 11.3 Å². The van der Waals surface area contributed by atoms with Crippen molar-refractivity contribution in [2.24, 2.45) is 0 Å². The Hall–Kier alpha value is -0.500. The Morgan fingerprint density at radius 2 is 2.22 bits per heavy atom. The first-order chi connectivity index (χ1) is 4.22. The lowest BCUT2D eigenvalue weighted by molar-refractivity contribution is 0.481. The van der Waals surface area contributed by atoms with Crippen LogP contribution in [0.2, 0.25) is 0 Å². The minimum Gasteiger partial charge on any atom is -0.499 e. The maximum Gasteiger partial charge on any atom is 0.174 e. The highest BCUT2D eigenvalue weighted by Gasteiger charge is 2.04. The SMILES string of the molecule is CC(C)c1ccsc1O. The summed E-state index contributed by atoms with van der Waals surface area (Å²) in [5.74, 6) is 0.441. The molecule has 0 saturated carbocycles. The van der Waals surface area contributed by atoms with Crippen molar-refractivity contribution in [3.05, 3.63) is 17.0 Å². The van der Waals surface area contributed by atoms with E-state index < -0.39 is 0 Å². The van der Waals surface area contributed by atoms with Crippen LogP contribution in [0.1, 0.15) is 25.3 Å². The van der Waals surface area contributed by atoms with Crippen LogP contribution in [0.5, 0.6) is 5.06 Å². The Bertz CT molecular complexity index is 191. The predicted molar refractivity (Wildman–Crippen MR) is 40.1 cm³/mol. The third kappa shape index (κ3) is 1.24. The smallest absolute Gasteiger partial charge is 0.174 e. The van der Waals surface area contributed by atoms with Crippen LogP contribution in [0.4, 0.5) is 0 Å². The fourth-order valence-electron chi connectivity index (χ4n) is 0.751. The normalized spacial score (nSPS) is 10.6. The highest BCUT2D eigenvalue weighted by molar-refractivity contribution is 7.11. The second kappa shape index (κ2) is 2.40. The summed E-state index contributed by atoms with van der Waals surface area (Å²) in [5.41, 5.74) is 1.06. The summed E-state index contributed by atoms with van der Waals surface area (Å²) < 4.78 is 0. The third-order valence-electron chi connectivity index (χ3n) is 1.30. The summed E-state index contributed by atoms with van der Waals surface area (Å²) in [5, 5.41) is 11.5. The van der Waals surface area contributed by atoms with Crippen LogP contribution < -0.4 is 0 Å². The third-order valence-corrected chi connectivity index (χ3v) is 2.03. The summed E-state index contributed by atoms with van der Waals surface area (Å²) in [4.78, 5) is 0. The molecule has 0 amide bonds. The molecular weight excluding hydrogens is 132 g/mol. The van der Waals surface area contributed by atoms with Gasteiger partial charge in [0.05, 0.1) is 0 Å². The minimum atomic E-state index is 0.441. The summed E-state index contributed by atoms with van der Waals surface area (Å²) in [7, 11) is 0. The molecule has 0 saturated heterocycles. The van der Waals surface area contributed by atoms with E-state index in [1.54, 1.807) is 0 Å². The molecule has 0 aromatic carbocycles. The highest BCUT2D eigenvalue weighted by atomic mass is 32.1. The van der Waals surface area contributed by atoms with Crippen LogP contribution in [-0.4, -0.2) is 5.11 Å². The maximum atomic E-state index is 9.14. The Balaban J connectivity index is 2.94. The van der Waals surface area contributed by atoms with Crippen LogP contribution in [0.15, 0.2) is 11.4 Å². The average Bonchev–Trinajstić information content (AvgIpc) is 2.13. The van der Waals surface area contributed by atoms with Crippen LogP contribution in [0.3, 0.4) is 0 Å². The number of aromatic hydroxyl groups is 1. The molecule has 0 atom stereocenters. The van der Waals surface area contributed by atoms with Gasteiger partial charge in [0.25, 0.3) is 0 Å². The fraction of sp³-hybridized carbons (Fsp3) is 0.429. The highest BCUT2D eigenvalue weighted by Crippen LogP contribution is 2.30.